The quantitative estimate of drug-likeness (QED) is 0.629. The third kappa shape index (κ3) is 5.11. The number of hydrogen-bond acceptors (Lipinski definition) is 5. The van der Waals surface area contributed by atoms with E-state index in [1.165, 1.54) is 15.5 Å². The van der Waals surface area contributed by atoms with Crippen LogP contribution in [0.15, 0.2) is 39.6 Å². The van der Waals surface area contributed by atoms with E-state index in [0.29, 0.717) is 9.50 Å². The van der Waals surface area contributed by atoms with Crippen LogP contribution >= 0.6 is 27.5 Å². The maximum Gasteiger partial charge on any atom is 0.271 e. The van der Waals surface area contributed by atoms with Gasteiger partial charge in [0.15, 0.2) is 0 Å². The lowest BCUT2D eigenvalue weighted by atomic mass is 10.1. The van der Waals surface area contributed by atoms with Gasteiger partial charge in [-0.1, -0.05) is 23.7 Å². The minimum atomic E-state index is -3.23. The Bertz CT molecular complexity index is 1160. The largest absolute Gasteiger partial charge is 0.348 e. The van der Waals surface area contributed by atoms with E-state index in [0.717, 1.165) is 11.8 Å². The van der Waals surface area contributed by atoms with Crippen molar-refractivity contribution < 1.29 is 18.0 Å². The van der Waals surface area contributed by atoms with Gasteiger partial charge in [0, 0.05) is 41.9 Å². The Morgan fingerprint density at radius 2 is 1.87 bits per heavy atom. The molecule has 0 spiro atoms. The van der Waals surface area contributed by atoms with Crippen molar-refractivity contribution in [3.05, 3.63) is 67.0 Å². The number of carbonyl (C=O) groups is 2. The van der Waals surface area contributed by atoms with E-state index in [1.54, 1.807) is 24.3 Å². The monoisotopic (exact) mass is 515 g/mol. The standard InChI is InChI=1S/C19H19BrClN3O5S/c1-30(28,29)9-8-23-6-7-24-16(19(23)27)15(20)10-14(18(24)26)17(25)22-11-12-2-4-13(21)5-3-12/h2-5,10H,6-9,11H2,1H3,(H,22,25). The zero-order valence-corrected chi connectivity index (χ0v) is 19.2. The second kappa shape index (κ2) is 8.91. The van der Waals surface area contributed by atoms with Crippen LogP contribution in [-0.4, -0.2) is 54.8 Å². The number of rotatable bonds is 6. The summed E-state index contributed by atoms with van der Waals surface area (Å²) in [6.45, 7) is 0.610. The van der Waals surface area contributed by atoms with E-state index in [4.69, 9.17) is 11.6 Å². The van der Waals surface area contributed by atoms with Crippen molar-refractivity contribution in [1.82, 2.24) is 14.8 Å². The number of halogens is 2. The third-order valence-corrected chi connectivity index (χ3v) is 6.45. The SMILES string of the molecule is CS(=O)(=O)CCN1CCn2c(c(Br)cc(C(=O)NCc3ccc(Cl)cc3)c2=O)C1=O. The number of fused-ring (bicyclic) bond motifs is 1. The Labute approximate surface area is 186 Å². The molecule has 0 atom stereocenters. The van der Waals surface area contributed by atoms with Gasteiger partial charge in [0.1, 0.15) is 21.1 Å². The van der Waals surface area contributed by atoms with Gasteiger partial charge < -0.3 is 14.8 Å². The summed E-state index contributed by atoms with van der Waals surface area (Å²) in [5.41, 5.74) is 0.269. The predicted octanol–water partition coefficient (Wildman–Crippen LogP) is 1.69. The van der Waals surface area contributed by atoms with E-state index < -0.39 is 27.2 Å². The maximum atomic E-state index is 12.8. The Kier molecular flexibility index (Phi) is 6.68. The number of hydrogen-bond donors (Lipinski definition) is 1. The van der Waals surface area contributed by atoms with Crippen LogP contribution in [0.5, 0.6) is 0 Å². The summed E-state index contributed by atoms with van der Waals surface area (Å²) in [5, 5.41) is 3.27. The Balaban J connectivity index is 1.81. The summed E-state index contributed by atoms with van der Waals surface area (Å²) in [6, 6.07) is 8.26. The molecule has 0 saturated carbocycles. The minimum Gasteiger partial charge on any atom is -0.348 e. The molecule has 1 aromatic carbocycles. The molecule has 2 heterocycles. The first-order valence-corrected chi connectivity index (χ1v) is 12.2. The second-order valence-electron chi connectivity index (χ2n) is 6.94. The van der Waals surface area contributed by atoms with Crippen molar-refractivity contribution in [2.24, 2.45) is 0 Å². The summed E-state index contributed by atoms with van der Waals surface area (Å²) in [4.78, 5) is 39.5. The van der Waals surface area contributed by atoms with Crippen molar-refractivity contribution in [2.75, 3.05) is 25.1 Å². The van der Waals surface area contributed by atoms with Crippen LogP contribution in [0, 0.1) is 0 Å². The molecule has 0 fully saturated rings. The maximum absolute atomic E-state index is 12.8. The molecule has 11 heteroatoms. The van der Waals surface area contributed by atoms with Gasteiger partial charge in [0.25, 0.3) is 17.4 Å². The molecule has 0 saturated heterocycles. The second-order valence-corrected chi connectivity index (χ2v) is 10.5. The Hall–Kier alpha value is -2.17. The highest BCUT2D eigenvalue weighted by atomic mass is 79.9. The van der Waals surface area contributed by atoms with Crippen molar-refractivity contribution in [2.45, 2.75) is 13.1 Å². The van der Waals surface area contributed by atoms with E-state index in [-0.39, 0.29) is 43.2 Å². The predicted molar refractivity (Wildman–Crippen MR) is 117 cm³/mol. The summed E-state index contributed by atoms with van der Waals surface area (Å²) in [5.74, 6) is -1.17. The van der Waals surface area contributed by atoms with Crippen LogP contribution in [0.25, 0.3) is 0 Å². The first-order valence-electron chi connectivity index (χ1n) is 9.00. The van der Waals surface area contributed by atoms with Gasteiger partial charge in [0.05, 0.1) is 5.75 Å². The van der Waals surface area contributed by atoms with Gasteiger partial charge in [-0.05, 0) is 39.7 Å². The number of nitrogens with zero attached hydrogens (tertiary/aromatic N) is 2. The topological polar surface area (TPSA) is 106 Å². The number of sulfone groups is 1. The molecular formula is C19H19BrClN3O5S. The molecule has 30 heavy (non-hydrogen) atoms. The molecule has 8 nitrogen and oxygen atoms in total. The highest BCUT2D eigenvalue weighted by Crippen LogP contribution is 2.21. The average Bonchev–Trinajstić information content (AvgIpc) is 2.68. The van der Waals surface area contributed by atoms with Crippen LogP contribution in [0.3, 0.4) is 0 Å². The minimum absolute atomic E-state index is 0.0433. The number of benzene rings is 1. The zero-order valence-electron chi connectivity index (χ0n) is 16.0. The molecule has 0 aliphatic carbocycles. The lowest BCUT2D eigenvalue weighted by Gasteiger charge is -2.30. The highest BCUT2D eigenvalue weighted by molar-refractivity contribution is 9.10. The highest BCUT2D eigenvalue weighted by Gasteiger charge is 2.30. The number of aromatic nitrogens is 1. The molecule has 0 radical (unpaired) electrons. The lowest BCUT2D eigenvalue weighted by molar-refractivity contribution is 0.0708. The molecule has 0 unspecified atom stereocenters. The van der Waals surface area contributed by atoms with Crippen LogP contribution in [-0.2, 0) is 22.9 Å². The molecule has 2 aromatic rings. The van der Waals surface area contributed by atoms with Gasteiger partial charge in [-0.15, -0.1) is 0 Å². The molecule has 1 N–H and O–H groups in total. The third-order valence-electron chi connectivity index (χ3n) is 4.67. The fourth-order valence-electron chi connectivity index (χ4n) is 3.07. The first kappa shape index (κ1) is 22.5. The summed E-state index contributed by atoms with van der Waals surface area (Å²) in [6.07, 6.45) is 1.10. The van der Waals surface area contributed by atoms with Crippen LogP contribution in [0.4, 0.5) is 0 Å². The van der Waals surface area contributed by atoms with Crippen molar-refractivity contribution in [3.63, 3.8) is 0 Å². The van der Waals surface area contributed by atoms with Gasteiger partial charge in [-0.2, -0.15) is 0 Å². The van der Waals surface area contributed by atoms with Crippen molar-refractivity contribution in [3.8, 4) is 0 Å². The average molecular weight is 517 g/mol. The van der Waals surface area contributed by atoms with E-state index in [9.17, 15) is 22.8 Å². The van der Waals surface area contributed by atoms with Gasteiger partial charge in [0.2, 0.25) is 0 Å². The van der Waals surface area contributed by atoms with Crippen LogP contribution < -0.4 is 10.9 Å². The molecule has 0 bridgehead atoms. The van der Waals surface area contributed by atoms with Gasteiger partial charge >= 0.3 is 0 Å². The van der Waals surface area contributed by atoms with E-state index in [2.05, 4.69) is 21.2 Å². The summed E-state index contributed by atoms with van der Waals surface area (Å²) < 4.78 is 24.3. The normalized spacial score (nSPS) is 13.8. The molecule has 1 aliphatic rings. The number of amides is 2. The van der Waals surface area contributed by atoms with Gasteiger partial charge in [-0.25, -0.2) is 8.42 Å². The Morgan fingerprint density at radius 3 is 2.50 bits per heavy atom. The number of carbonyl (C=O) groups excluding carboxylic acids is 2. The molecule has 160 valence electrons. The lowest BCUT2D eigenvalue weighted by Crippen LogP contribution is -2.47. The molecule has 3 rings (SSSR count). The van der Waals surface area contributed by atoms with Crippen LogP contribution in [0.2, 0.25) is 5.02 Å². The van der Waals surface area contributed by atoms with E-state index in [1.807, 2.05) is 0 Å². The van der Waals surface area contributed by atoms with Crippen LogP contribution in [0.1, 0.15) is 26.4 Å². The van der Waals surface area contributed by atoms with Crippen molar-refractivity contribution in [1.29, 1.82) is 0 Å². The smallest absolute Gasteiger partial charge is 0.271 e. The molecule has 2 amide bonds. The summed E-state index contributed by atoms with van der Waals surface area (Å²) in [7, 11) is -3.23. The first-order chi connectivity index (χ1) is 14.1. The van der Waals surface area contributed by atoms with E-state index >= 15 is 0 Å². The molecular weight excluding hydrogens is 498 g/mol. The molecule has 1 aliphatic heterocycles. The zero-order chi connectivity index (χ0) is 22.1. The Morgan fingerprint density at radius 1 is 1.20 bits per heavy atom. The molecule has 1 aromatic heterocycles. The number of pyridine rings is 1. The van der Waals surface area contributed by atoms with Gasteiger partial charge in [-0.3, -0.25) is 14.4 Å². The number of nitrogens with one attached hydrogen (secondary N) is 1. The fraction of sp³-hybridized carbons (Fsp3) is 0.316. The van der Waals surface area contributed by atoms with Crippen molar-refractivity contribution >= 4 is 49.2 Å². The summed E-state index contributed by atoms with van der Waals surface area (Å²) >= 11 is 9.12. The fourth-order valence-corrected chi connectivity index (χ4v) is 4.36.